The third-order valence-corrected chi connectivity index (χ3v) is 4.15. The number of nitrogens with one attached hydrogen (secondary N) is 2. The van der Waals surface area contributed by atoms with Gasteiger partial charge in [-0.25, -0.2) is 0 Å². The quantitative estimate of drug-likeness (QED) is 0.908. The van der Waals surface area contributed by atoms with Crippen LogP contribution in [-0.4, -0.2) is 25.5 Å². The van der Waals surface area contributed by atoms with Crippen LogP contribution in [0.25, 0.3) is 0 Å². The van der Waals surface area contributed by atoms with Crippen molar-refractivity contribution in [3.05, 3.63) is 54.1 Å². The van der Waals surface area contributed by atoms with Gasteiger partial charge in [0.2, 0.25) is 5.91 Å². The Morgan fingerprint density at radius 3 is 2.74 bits per heavy atom. The molecule has 0 spiro atoms. The topological polar surface area (TPSA) is 44.4 Å². The predicted molar refractivity (Wildman–Crippen MR) is 96.2 cm³/mol. The first-order valence-corrected chi connectivity index (χ1v) is 8.23. The van der Waals surface area contributed by atoms with Gasteiger partial charge in [0.1, 0.15) is 0 Å². The molecule has 0 unspecified atom stereocenters. The van der Waals surface area contributed by atoms with Gasteiger partial charge in [0.05, 0.1) is 17.9 Å². The Hall–Kier alpha value is -2.49. The molecule has 4 heteroatoms. The fourth-order valence-electron chi connectivity index (χ4n) is 2.87. The van der Waals surface area contributed by atoms with Gasteiger partial charge >= 0.3 is 0 Å². The second kappa shape index (κ2) is 7.18. The molecule has 0 bridgehead atoms. The van der Waals surface area contributed by atoms with E-state index in [1.807, 2.05) is 24.3 Å². The van der Waals surface area contributed by atoms with E-state index in [2.05, 4.69) is 46.7 Å². The van der Waals surface area contributed by atoms with E-state index in [1.54, 1.807) is 0 Å². The normalized spacial score (nSPS) is 13.7. The first-order valence-electron chi connectivity index (χ1n) is 8.23. The van der Waals surface area contributed by atoms with E-state index in [9.17, 15) is 4.79 Å². The second-order valence-corrected chi connectivity index (χ2v) is 5.82. The van der Waals surface area contributed by atoms with Crippen molar-refractivity contribution in [1.29, 1.82) is 0 Å². The molecule has 0 fully saturated rings. The zero-order chi connectivity index (χ0) is 16.1. The zero-order valence-electron chi connectivity index (χ0n) is 13.5. The van der Waals surface area contributed by atoms with Gasteiger partial charge in [0, 0.05) is 18.8 Å². The lowest BCUT2D eigenvalue weighted by atomic mass is 10.1. The van der Waals surface area contributed by atoms with Crippen molar-refractivity contribution in [2.45, 2.75) is 19.8 Å². The maximum Gasteiger partial charge on any atom is 0.243 e. The SMILES string of the molecule is CCc1ccc(NC(=O)CN2CCCNc3ccccc32)cc1. The molecule has 0 aromatic heterocycles. The van der Waals surface area contributed by atoms with E-state index in [1.165, 1.54) is 5.56 Å². The van der Waals surface area contributed by atoms with Crippen LogP contribution in [0.1, 0.15) is 18.9 Å². The van der Waals surface area contributed by atoms with Crippen LogP contribution < -0.4 is 15.5 Å². The highest BCUT2D eigenvalue weighted by Crippen LogP contribution is 2.27. The first kappa shape index (κ1) is 15.4. The fourth-order valence-corrected chi connectivity index (χ4v) is 2.87. The van der Waals surface area contributed by atoms with Crippen LogP contribution in [0.15, 0.2) is 48.5 Å². The Morgan fingerprint density at radius 2 is 1.96 bits per heavy atom. The molecule has 3 rings (SSSR count). The minimum absolute atomic E-state index is 0.0194. The van der Waals surface area contributed by atoms with Gasteiger partial charge in [-0.3, -0.25) is 4.79 Å². The number of hydrogen-bond donors (Lipinski definition) is 2. The highest BCUT2D eigenvalue weighted by molar-refractivity contribution is 5.94. The van der Waals surface area contributed by atoms with Crippen molar-refractivity contribution in [3.8, 4) is 0 Å². The van der Waals surface area contributed by atoms with Crippen molar-refractivity contribution >= 4 is 23.0 Å². The zero-order valence-corrected chi connectivity index (χ0v) is 13.5. The number of anilines is 3. The average Bonchev–Trinajstić information content (AvgIpc) is 2.78. The summed E-state index contributed by atoms with van der Waals surface area (Å²) >= 11 is 0. The largest absolute Gasteiger partial charge is 0.383 e. The molecule has 2 aromatic carbocycles. The second-order valence-electron chi connectivity index (χ2n) is 5.82. The van der Waals surface area contributed by atoms with Crippen LogP contribution in [0.4, 0.5) is 17.1 Å². The molecule has 4 nitrogen and oxygen atoms in total. The van der Waals surface area contributed by atoms with E-state index < -0.39 is 0 Å². The Labute approximate surface area is 137 Å². The van der Waals surface area contributed by atoms with Crippen molar-refractivity contribution in [2.75, 3.05) is 35.2 Å². The highest BCUT2D eigenvalue weighted by Gasteiger charge is 2.17. The van der Waals surface area contributed by atoms with Crippen molar-refractivity contribution in [3.63, 3.8) is 0 Å². The summed E-state index contributed by atoms with van der Waals surface area (Å²) in [5, 5.41) is 6.41. The smallest absolute Gasteiger partial charge is 0.243 e. The van der Waals surface area contributed by atoms with Gasteiger partial charge < -0.3 is 15.5 Å². The maximum atomic E-state index is 12.4. The fraction of sp³-hybridized carbons (Fsp3) is 0.316. The lowest BCUT2D eigenvalue weighted by molar-refractivity contribution is -0.115. The molecule has 1 aliphatic heterocycles. The standard InChI is InChI=1S/C19H23N3O/c1-2-15-8-10-16(11-9-15)21-19(23)14-22-13-5-12-20-17-6-3-4-7-18(17)22/h3-4,6-11,20H,2,5,12-14H2,1H3,(H,21,23). The number of benzene rings is 2. The molecular formula is C19H23N3O. The minimum atomic E-state index is 0.0194. The molecule has 0 atom stereocenters. The monoisotopic (exact) mass is 309 g/mol. The number of rotatable bonds is 4. The third-order valence-electron chi connectivity index (χ3n) is 4.15. The summed E-state index contributed by atoms with van der Waals surface area (Å²) in [6, 6.07) is 16.2. The van der Waals surface area contributed by atoms with Crippen LogP contribution in [0, 0.1) is 0 Å². The number of carbonyl (C=O) groups is 1. The van der Waals surface area contributed by atoms with Crippen LogP contribution in [0.3, 0.4) is 0 Å². The van der Waals surface area contributed by atoms with Crippen LogP contribution >= 0.6 is 0 Å². The number of amides is 1. The average molecular weight is 309 g/mol. The summed E-state index contributed by atoms with van der Waals surface area (Å²) in [7, 11) is 0. The molecule has 23 heavy (non-hydrogen) atoms. The summed E-state index contributed by atoms with van der Waals surface area (Å²) in [6.07, 6.45) is 2.03. The molecule has 2 N–H and O–H groups in total. The molecule has 0 aliphatic carbocycles. The summed E-state index contributed by atoms with van der Waals surface area (Å²) in [5.74, 6) is 0.0194. The molecule has 0 saturated carbocycles. The van der Waals surface area contributed by atoms with E-state index in [-0.39, 0.29) is 5.91 Å². The Kier molecular flexibility index (Phi) is 4.81. The van der Waals surface area contributed by atoms with Gasteiger partial charge in [-0.1, -0.05) is 31.2 Å². The Morgan fingerprint density at radius 1 is 1.17 bits per heavy atom. The third kappa shape index (κ3) is 3.83. The molecule has 0 saturated heterocycles. The Balaban J connectivity index is 1.67. The Bertz CT molecular complexity index is 667. The van der Waals surface area contributed by atoms with Gasteiger partial charge in [0.25, 0.3) is 0 Å². The van der Waals surface area contributed by atoms with E-state index in [4.69, 9.17) is 0 Å². The molecular weight excluding hydrogens is 286 g/mol. The number of fused-ring (bicyclic) bond motifs is 1. The number of nitrogens with zero attached hydrogens (tertiary/aromatic N) is 1. The molecule has 0 radical (unpaired) electrons. The molecule has 120 valence electrons. The van der Waals surface area contributed by atoms with Crippen molar-refractivity contribution < 1.29 is 4.79 Å². The molecule has 1 aliphatic rings. The number of aryl methyl sites for hydroxylation is 1. The molecule has 1 heterocycles. The summed E-state index contributed by atoms with van der Waals surface area (Å²) in [6.45, 7) is 4.31. The number of hydrogen-bond acceptors (Lipinski definition) is 3. The van der Waals surface area contributed by atoms with Gasteiger partial charge in [-0.2, -0.15) is 0 Å². The first-order chi connectivity index (χ1) is 11.3. The van der Waals surface area contributed by atoms with E-state index >= 15 is 0 Å². The molecule has 2 aromatic rings. The van der Waals surface area contributed by atoms with Crippen LogP contribution in [0.2, 0.25) is 0 Å². The summed E-state index contributed by atoms with van der Waals surface area (Å²) < 4.78 is 0. The van der Waals surface area contributed by atoms with Gasteiger partial charge in [0.15, 0.2) is 0 Å². The lowest BCUT2D eigenvalue weighted by Crippen LogP contribution is -2.33. The minimum Gasteiger partial charge on any atom is -0.383 e. The predicted octanol–water partition coefficient (Wildman–Crippen LogP) is 3.51. The highest BCUT2D eigenvalue weighted by atomic mass is 16.2. The van der Waals surface area contributed by atoms with Crippen LogP contribution in [-0.2, 0) is 11.2 Å². The van der Waals surface area contributed by atoms with Gasteiger partial charge in [-0.05, 0) is 42.7 Å². The van der Waals surface area contributed by atoms with Crippen molar-refractivity contribution in [1.82, 2.24) is 0 Å². The van der Waals surface area contributed by atoms with Crippen molar-refractivity contribution in [2.24, 2.45) is 0 Å². The number of carbonyl (C=O) groups excluding carboxylic acids is 1. The van der Waals surface area contributed by atoms with Gasteiger partial charge in [-0.15, -0.1) is 0 Å². The summed E-state index contributed by atoms with van der Waals surface area (Å²) in [4.78, 5) is 14.5. The maximum absolute atomic E-state index is 12.4. The lowest BCUT2D eigenvalue weighted by Gasteiger charge is -2.23. The number of para-hydroxylation sites is 2. The molecule has 1 amide bonds. The van der Waals surface area contributed by atoms with Crippen LogP contribution in [0.5, 0.6) is 0 Å². The van der Waals surface area contributed by atoms with E-state index in [0.717, 1.165) is 43.0 Å². The summed E-state index contributed by atoms with van der Waals surface area (Å²) in [5.41, 5.74) is 4.33. The van der Waals surface area contributed by atoms with E-state index in [0.29, 0.717) is 6.54 Å².